The molecule has 4 heterocycles. The molecule has 158 valence electrons. The summed E-state index contributed by atoms with van der Waals surface area (Å²) in [5.74, 6) is 2.83. The topological polar surface area (TPSA) is 104 Å². The van der Waals surface area contributed by atoms with E-state index in [0.717, 1.165) is 33.6 Å². The Kier molecular flexibility index (Phi) is 5.29. The number of aryl methyl sites for hydroxylation is 2. The Morgan fingerprint density at radius 1 is 1.23 bits per heavy atom. The fraction of sp³-hybridized carbons (Fsp3) is 0.333. The van der Waals surface area contributed by atoms with Crippen LogP contribution in [-0.2, 0) is 6.54 Å². The molecule has 0 aliphatic heterocycles. The van der Waals surface area contributed by atoms with Gasteiger partial charge < -0.3 is 10.1 Å². The van der Waals surface area contributed by atoms with Gasteiger partial charge in [-0.25, -0.2) is 9.67 Å². The van der Waals surface area contributed by atoms with Crippen LogP contribution in [0.15, 0.2) is 42.9 Å². The summed E-state index contributed by atoms with van der Waals surface area (Å²) in [5.41, 5.74) is 2.06. The molecule has 31 heavy (non-hydrogen) atoms. The highest BCUT2D eigenvalue weighted by Crippen LogP contribution is 2.46. The summed E-state index contributed by atoms with van der Waals surface area (Å²) in [7, 11) is 0. The van der Waals surface area contributed by atoms with Gasteiger partial charge in [-0.15, -0.1) is 10.2 Å². The zero-order chi connectivity index (χ0) is 21.2. The van der Waals surface area contributed by atoms with Crippen molar-refractivity contribution in [2.75, 3.05) is 11.9 Å². The van der Waals surface area contributed by atoms with Crippen LogP contribution in [0.1, 0.15) is 33.9 Å². The maximum Gasteiger partial charge on any atom is 0.218 e. The summed E-state index contributed by atoms with van der Waals surface area (Å²) in [5, 5.41) is 17.5. The molecule has 2 atom stereocenters. The minimum absolute atomic E-state index is 0.424. The average molecular weight is 435 g/mol. The van der Waals surface area contributed by atoms with Gasteiger partial charge in [-0.05, 0) is 38.5 Å². The number of hydrogen-bond donors (Lipinski definition) is 1. The minimum Gasteiger partial charge on any atom is -0.477 e. The molecular weight excluding hydrogens is 412 g/mol. The molecule has 0 amide bonds. The first-order valence-electron chi connectivity index (χ1n) is 10.1. The van der Waals surface area contributed by atoms with Crippen molar-refractivity contribution in [3.8, 4) is 11.6 Å². The molecule has 1 aliphatic rings. The Hall–Kier alpha value is -3.40. The highest BCUT2D eigenvalue weighted by atomic mass is 32.1. The number of nitrogens with one attached hydrogen (secondary N) is 1. The fourth-order valence-electron chi connectivity index (χ4n) is 3.44. The van der Waals surface area contributed by atoms with Gasteiger partial charge in [0.1, 0.15) is 21.7 Å². The summed E-state index contributed by atoms with van der Waals surface area (Å²) in [6.07, 6.45) is 6.60. The van der Waals surface area contributed by atoms with Crippen LogP contribution < -0.4 is 10.1 Å². The van der Waals surface area contributed by atoms with Crippen LogP contribution in [0.4, 0.5) is 5.82 Å². The van der Waals surface area contributed by atoms with Crippen molar-refractivity contribution in [2.45, 2.75) is 32.7 Å². The molecule has 0 unspecified atom stereocenters. The summed E-state index contributed by atoms with van der Waals surface area (Å²) >= 11 is 1.57. The Labute approximate surface area is 183 Å². The summed E-state index contributed by atoms with van der Waals surface area (Å²) in [6.45, 7) is 4.99. The van der Waals surface area contributed by atoms with E-state index in [4.69, 9.17) is 4.74 Å². The van der Waals surface area contributed by atoms with Gasteiger partial charge in [0, 0.05) is 36.0 Å². The molecule has 5 rings (SSSR count). The van der Waals surface area contributed by atoms with Crippen molar-refractivity contribution in [2.24, 2.45) is 5.92 Å². The molecule has 1 aliphatic carbocycles. The second kappa shape index (κ2) is 8.38. The molecule has 1 N–H and O–H groups in total. The third-order valence-electron chi connectivity index (χ3n) is 5.09. The van der Waals surface area contributed by atoms with Crippen molar-refractivity contribution in [3.63, 3.8) is 0 Å². The van der Waals surface area contributed by atoms with E-state index in [9.17, 15) is 0 Å². The van der Waals surface area contributed by atoms with Crippen LogP contribution in [0.2, 0.25) is 0 Å². The van der Waals surface area contributed by atoms with E-state index in [2.05, 4.69) is 47.7 Å². The lowest BCUT2D eigenvalue weighted by Crippen LogP contribution is -2.07. The lowest BCUT2D eigenvalue weighted by atomic mass is 10.2. The van der Waals surface area contributed by atoms with Crippen molar-refractivity contribution < 1.29 is 4.74 Å². The second-order valence-corrected chi connectivity index (χ2v) is 8.78. The van der Waals surface area contributed by atoms with Gasteiger partial charge in [0.15, 0.2) is 0 Å². The molecule has 0 saturated heterocycles. The first-order valence-corrected chi connectivity index (χ1v) is 10.9. The third-order valence-corrected chi connectivity index (χ3v) is 5.93. The van der Waals surface area contributed by atoms with Gasteiger partial charge in [-0.1, -0.05) is 11.3 Å². The molecule has 0 spiro atoms. The molecule has 1 fully saturated rings. The predicted molar refractivity (Wildman–Crippen MR) is 116 cm³/mol. The van der Waals surface area contributed by atoms with Crippen molar-refractivity contribution in [1.29, 1.82) is 0 Å². The average Bonchev–Trinajstić information content (AvgIpc) is 3.12. The fourth-order valence-corrected chi connectivity index (χ4v) is 4.09. The zero-order valence-electron chi connectivity index (χ0n) is 17.3. The van der Waals surface area contributed by atoms with Crippen LogP contribution in [0, 0.1) is 19.8 Å². The number of rotatable bonds is 8. The van der Waals surface area contributed by atoms with Crippen LogP contribution in [0.5, 0.6) is 5.88 Å². The highest BCUT2D eigenvalue weighted by molar-refractivity contribution is 7.11. The summed E-state index contributed by atoms with van der Waals surface area (Å²) in [4.78, 5) is 13.5. The molecule has 4 aromatic heterocycles. The normalized spacial score (nSPS) is 17.5. The van der Waals surface area contributed by atoms with Gasteiger partial charge >= 0.3 is 0 Å². The Morgan fingerprint density at radius 2 is 2.16 bits per heavy atom. The van der Waals surface area contributed by atoms with E-state index in [0.29, 0.717) is 36.7 Å². The van der Waals surface area contributed by atoms with Gasteiger partial charge in [-0.2, -0.15) is 10.1 Å². The zero-order valence-corrected chi connectivity index (χ0v) is 18.1. The van der Waals surface area contributed by atoms with Crippen molar-refractivity contribution >= 4 is 17.2 Å². The lowest BCUT2D eigenvalue weighted by molar-refractivity contribution is 0.284. The van der Waals surface area contributed by atoms with Crippen LogP contribution in [0.3, 0.4) is 0 Å². The molecule has 1 saturated carbocycles. The van der Waals surface area contributed by atoms with Crippen molar-refractivity contribution in [3.05, 3.63) is 64.4 Å². The Bertz CT molecular complexity index is 1160. The maximum atomic E-state index is 5.98. The third kappa shape index (κ3) is 4.69. The molecule has 9 nitrogen and oxygen atoms in total. The first-order chi connectivity index (χ1) is 15.1. The number of hydrogen-bond acceptors (Lipinski definition) is 9. The standard InChI is InChI=1S/C21H22N8OS/c1-13-25-19(23-11-21-28-27-14(2)31-21)9-20(26-13)30-12-15-8-17(15)18-5-4-16(10-22-18)29-7-3-6-24-29/h3-7,9-10,15,17H,8,11-12H2,1-2H3,(H,23,25,26)/t15-,17+/m1/s1. The smallest absolute Gasteiger partial charge is 0.218 e. The monoisotopic (exact) mass is 434 g/mol. The van der Waals surface area contributed by atoms with Gasteiger partial charge in [0.2, 0.25) is 5.88 Å². The SMILES string of the molecule is Cc1nc(NCc2nnc(C)s2)cc(OC[C@H]2C[C@@H]2c2ccc(-n3cccn3)cn2)n1. The molecule has 4 aromatic rings. The van der Waals surface area contributed by atoms with Crippen LogP contribution in [0.25, 0.3) is 5.69 Å². The minimum atomic E-state index is 0.424. The number of aromatic nitrogens is 7. The molecule has 0 radical (unpaired) electrons. The maximum absolute atomic E-state index is 5.98. The van der Waals surface area contributed by atoms with Gasteiger partial charge in [0.05, 0.1) is 25.0 Å². The van der Waals surface area contributed by atoms with Gasteiger partial charge in [0.25, 0.3) is 0 Å². The highest BCUT2D eigenvalue weighted by Gasteiger charge is 2.40. The van der Waals surface area contributed by atoms with E-state index < -0.39 is 0 Å². The van der Waals surface area contributed by atoms with Gasteiger partial charge in [-0.3, -0.25) is 4.98 Å². The number of pyridine rings is 1. The van der Waals surface area contributed by atoms with Crippen LogP contribution in [-0.4, -0.2) is 41.5 Å². The molecular formula is C21H22N8OS. The molecule has 10 heteroatoms. The first kappa shape index (κ1) is 19.6. The number of nitrogens with zero attached hydrogens (tertiary/aromatic N) is 7. The molecule has 0 aromatic carbocycles. The Morgan fingerprint density at radius 3 is 2.90 bits per heavy atom. The molecule has 0 bridgehead atoms. The quantitative estimate of drug-likeness (QED) is 0.450. The van der Waals surface area contributed by atoms with E-state index in [1.165, 1.54) is 0 Å². The number of ether oxygens (including phenoxy) is 1. The number of anilines is 1. The van der Waals surface area contributed by atoms with E-state index >= 15 is 0 Å². The van der Waals surface area contributed by atoms with E-state index in [1.807, 2.05) is 38.4 Å². The predicted octanol–water partition coefficient (Wildman–Crippen LogP) is 3.32. The summed E-state index contributed by atoms with van der Waals surface area (Å²) < 4.78 is 7.79. The summed E-state index contributed by atoms with van der Waals surface area (Å²) in [6, 6.07) is 7.86. The largest absolute Gasteiger partial charge is 0.477 e. The van der Waals surface area contributed by atoms with Crippen LogP contribution >= 0.6 is 11.3 Å². The van der Waals surface area contributed by atoms with Crippen molar-refractivity contribution in [1.82, 2.24) is 34.9 Å². The second-order valence-electron chi connectivity index (χ2n) is 7.51. The van der Waals surface area contributed by atoms with E-state index in [-0.39, 0.29) is 0 Å². The van der Waals surface area contributed by atoms with E-state index in [1.54, 1.807) is 22.2 Å². The lowest BCUT2D eigenvalue weighted by Gasteiger charge is -2.09. The Balaban J connectivity index is 1.16.